The molecule has 3 rings (SSSR count). The van der Waals surface area contributed by atoms with Crippen LogP contribution in [0.4, 0.5) is 5.69 Å². The molecule has 1 aliphatic rings. The van der Waals surface area contributed by atoms with Gasteiger partial charge in [-0.2, -0.15) is 0 Å². The first kappa shape index (κ1) is 17.8. The van der Waals surface area contributed by atoms with Crippen LogP contribution in [0.2, 0.25) is 10.0 Å². The van der Waals surface area contributed by atoms with Gasteiger partial charge in [0.2, 0.25) is 5.96 Å². The van der Waals surface area contributed by atoms with Crippen LogP contribution in [-0.2, 0) is 11.4 Å². The average Bonchev–Trinajstić information content (AvgIpc) is 3.08. The topological polar surface area (TPSA) is 28.1 Å². The van der Waals surface area contributed by atoms with Crippen LogP contribution in [0.1, 0.15) is 5.56 Å². The molecular formula is C19H19Cl2N3O. The van der Waals surface area contributed by atoms with Crippen molar-refractivity contribution in [3.63, 3.8) is 0 Å². The van der Waals surface area contributed by atoms with Crippen molar-refractivity contribution in [2.45, 2.75) is 6.61 Å². The van der Waals surface area contributed by atoms with Crippen LogP contribution in [0.5, 0.6) is 0 Å². The number of para-hydroxylation sites is 1. The normalized spacial score (nSPS) is 13.7. The number of nitrogens with zero attached hydrogens (tertiary/aromatic N) is 3. The van der Waals surface area contributed by atoms with Crippen molar-refractivity contribution in [3.8, 4) is 0 Å². The second-order valence-corrected chi connectivity index (χ2v) is 6.33. The fraction of sp³-hybridized carbons (Fsp3) is 0.211. The Morgan fingerprint density at radius 1 is 1.12 bits per heavy atom. The summed E-state index contributed by atoms with van der Waals surface area (Å²) < 4.78 is 0. The van der Waals surface area contributed by atoms with Crippen LogP contribution in [0.15, 0.2) is 66.2 Å². The number of hydrogen-bond donors (Lipinski definition) is 0. The summed E-state index contributed by atoms with van der Waals surface area (Å²) in [5.74, 6) is 0.686. The molecule has 4 nitrogen and oxygen atoms in total. The van der Waals surface area contributed by atoms with Crippen LogP contribution < -0.4 is 4.90 Å². The summed E-state index contributed by atoms with van der Waals surface area (Å²) in [6, 6.07) is 15.5. The predicted molar refractivity (Wildman–Crippen MR) is 104 cm³/mol. The maximum atomic E-state index is 6.38. The molecule has 0 saturated carbocycles. The largest absolute Gasteiger partial charge is 0.304 e. The van der Waals surface area contributed by atoms with E-state index < -0.39 is 0 Å². The van der Waals surface area contributed by atoms with Gasteiger partial charge in [-0.15, -0.1) is 6.58 Å². The highest BCUT2D eigenvalue weighted by Gasteiger charge is 2.27. The molecule has 0 N–H and O–H groups in total. The summed E-state index contributed by atoms with van der Waals surface area (Å²) in [6.45, 7) is 6.16. The first-order chi connectivity index (χ1) is 12.2. The van der Waals surface area contributed by atoms with E-state index in [0.29, 0.717) is 47.9 Å². The molecule has 0 aliphatic carbocycles. The van der Waals surface area contributed by atoms with E-state index in [9.17, 15) is 0 Å². The number of rotatable bonds is 6. The summed E-state index contributed by atoms with van der Waals surface area (Å²) in [5, 5.41) is 2.91. The lowest BCUT2D eigenvalue weighted by Crippen LogP contribution is -2.42. The second-order valence-electron chi connectivity index (χ2n) is 5.51. The molecule has 1 aliphatic heterocycles. The minimum atomic E-state index is 0.470. The highest BCUT2D eigenvalue weighted by Crippen LogP contribution is 2.34. The van der Waals surface area contributed by atoms with Gasteiger partial charge < -0.3 is 4.90 Å². The molecule has 2 aromatic carbocycles. The minimum Gasteiger partial charge on any atom is -0.304 e. The number of hydrogen-bond acceptors (Lipinski definition) is 4. The number of guanidine groups is 1. The zero-order valence-electron chi connectivity index (χ0n) is 13.7. The van der Waals surface area contributed by atoms with Gasteiger partial charge in [0.05, 0.1) is 28.8 Å². The number of anilines is 1. The lowest BCUT2D eigenvalue weighted by molar-refractivity contribution is -0.104. The third kappa shape index (κ3) is 4.15. The molecule has 6 heteroatoms. The molecule has 0 saturated heterocycles. The van der Waals surface area contributed by atoms with Gasteiger partial charge in [-0.05, 0) is 17.7 Å². The number of benzene rings is 2. The Bertz CT molecular complexity index is 744. The standard InChI is InChI=1S/C19H19Cl2N3O/c1-2-12-23(18-16(20)9-6-10-17(18)21)19-22-11-13-24(19)25-14-15-7-4-3-5-8-15/h2-10H,1,11-14H2. The summed E-state index contributed by atoms with van der Waals surface area (Å²) in [4.78, 5) is 12.5. The van der Waals surface area contributed by atoms with Crippen LogP contribution in [0, 0.1) is 0 Å². The molecule has 130 valence electrons. The Kier molecular flexibility index (Phi) is 5.97. The molecule has 0 atom stereocenters. The Labute approximate surface area is 157 Å². The highest BCUT2D eigenvalue weighted by atomic mass is 35.5. The monoisotopic (exact) mass is 375 g/mol. The van der Waals surface area contributed by atoms with E-state index in [1.54, 1.807) is 11.1 Å². The maximum absolute atomic E-state index is 6.38. The van der Waals surface area contributed by atoms with Gasteiger partial charge in [0.1, 0.15) is 6.61 Å². The van der Waals surface area contributed by atoms with Crippen molar-refractivity contribution >= 4 is 34.8 Å². The molecule has 0 fully saturated rings. The first-order valence-electron chi connectivity index (χ1n) is 8.02. The summed E-state index contributed by atoms with van der Waals surface area (Å²) >= 11 is 12.8. The molecule has 0 aromatic heterocycles. The van der Waals surface area contributed by atoms with Crippen molar-refractivity contribution < 1.29 is 4.84 Å². The molecule has 0 bridgehead atoms. The van der Waals surface area contributed by atoms with Gasteiger partial charge in [0.15, 0.2) is 0 Å². The second kappa shape index (κ2) is 8.39. The Morgan fingerprint density at radius 2 is 1.84 bits per heavy atom. The van der Waals surface area contributed by atoms with E-state index in [-0.39, 0.29) is 0 Å². The van der Waals surface area contributed by atoms with Gasteiger partial charge in [-0.1, -0.05) is 65.7 Å². The van der Waals surface area contributed by atoms with Gasteiger partial charge >= 0.3 is 0 Å². The molecule has 0 radical (unpaired) electrons. The third-order valence-corrected chi connectivity index (χ3v) is 4.38. The molecule has 1 heterocycles. The Morgan fingerprint density at radius 3 is 2.52 bits per heavy atom. The number of aliphatic imine (C=N–C) groups is 1. The third-order valence-electron chi connectivity index (χ3n) is 3.77. The van der Waals surface area contributed by atoms with Crippen molar-refractivity contribution in [3.05, 3.63) is 76.8 Å². The van der Waals surface area contributed by atoms with E-state index in [4.69, 9.17) is 28.0 Å². The number of hydroxylamine groups is 2. The van der Waals surface area contributed by atoms with E-state index in [1.807, 2.05) is 53.4 Å². The van der Waals surface area contributed by atoms with Crippen molar-refractivity contribution in [2.24, 2.45) is 4.99 Å². The van der Waals surface area contributed by atoms with Crippen LogP contribution in [-0.4, -0.2) is 30.7 Å². The van der Waals surface area contributed by atoms with E-state index in [2.05, 4.69) is 11.6 Å². The van der Waals surface area contributed by atoms with Crippen LogP contribution in [0.3, 0.4) is 0 Å². The molecule has 25 heavy (non-hydrogen) atoms. The summed E-state index contributed by atoms with van der Waals surface area (Å²) in [5.41, 5.74) is 1.81. The maximum Gasteiger partial charge on any atom is 0.226 e. The zero-order chi connectivity index (χ0) is 17.6. The Hall–Kier alpha value is -2.01. The highest BCUT2D eigenvalue weighted by molar-refractivity contribution is 6.40. The van der Waals surface area contributed by atoms with Gasteiger partial charge in [-0.25, -0.2) is 10.1 Å². The summed E-state index contributed by atoms with van der Waals surface area (Å²) in [7, 11) is 0. The van der Waals surface area contributed by atoms with E-state index in [1.165, 1.54) is 0 Å². The molecule has 2 aromatic rings. The number of halogens is 2. The van der Waals surface area contributed by atoms with E-state index >= 15 is 0 Å². The van der Waals surface area contributed by atoms with Crippen molar-refractivity contribution in [2.75, 3.05) is 24.5 Å². The van der Waals surface area contributed by atoms with Crippen LogP contribution >= 0.6 is 23.2 Å². The minimum absolute atomic E-state index is 0.470. The molecule has 0 spiro atoms. The smallest absolute Gasteiger partial charge is 0.226 e. The SMILES string of the molecule is C=CCN(C1=NCCN1OCc1ccccc1)c1c(Cl)cccc1Cl. The molecular weight excluding hydrogens is 357 g/mol. The zero-order valence-corrected chi connectivity index (χ0v) is 15.2. The molecule has 0 amide bonds. The first-order valence-corrected chi connectivity index (χ1v) is 8.77. The molecule has 0 unspecified atom stereocenters. The quantitative estimate of drug-likeness (QED) is 0.679. The van der Waals surface area contributed by atoms with Gasteiger partial charge in [0.25, 0.3) is 0 Å². The fourth-order valence-electron chi connectivity index (χ4n) is 2.64. The van der Waals surface area contributed by atoms with Gasteiger partial charge in [-0.3, -0.25) is 4.84 Å². The van der Waals surface area contributed by atoms with Crippen molar-refractivity contribution in [1.82, 2.24) is 5.06 Å². The van der Waals surface area contributed by atoms with E-state index in [0.717, 1.165) is 5.56 Å². The van der Waals surface area contributed by atoms with Crippen molar-refractivity contribution in [1.29, 1.82) is 0 Å². The van der Waals surface area contributed by atoms with Gasteiger partial charge in [0, 0.05) is 6.54 Å². The lowest BCUT2D eigenvalue weighted by Gasteiger charge is -2.30. The predicted octanol–water partition coefficient (Wildman–Crippen LogP) is 4.79. The fourth-order valence-corrected chi connectivity index (χ4v) is 3.24. The Balaban J connectivity index is 1.81. The van der Waals surface area contributed by atoms with Crippen LogP contribution in [0.25, 0.3) is 0 Å². The summed E-state index contributed by atoms with van der Waals surface area (Å²) in [6.07, 6.45) is 1.79. The lowest BCUT2D eigenvalue weighted by atomic mass is 10.2. The average molecular weight is 376 g/mol.